The van der Waals surface area contributed by atoms with Gasteiger partial charge in [0.1, 0.15) is 42.7 Å². The van der Waals surface area contributed by atoms with Gasteiger partial charge in [-0.25, -0.2) is 19.2 Å². The monoisotopic (exact) mass is 1320 g/mol. The van der Waals surface area contributed by atoms with E-state index in [0.29, 0.717) is 51.4 Å². The van der Waals surface area contributed by atoms with Crippen LogP contribution in [0.3, 0.4) is 0 Å². The third kappa shape index (κ3) is 12.4. The van der Waals surface area contributed by atoms with Gasteiger partial charge in [-0.1, -0.05) is 34.6 Å². The highest BCUT2D eigenvalue weighted by molar-refractivity contribution is 5.86. The van der Waals surface area contributed by atoms with Crippen LogP contribution in [0, 0.1) is 90.2 Å². The SMILES string of the molecule is CCC(C)(C)C(=O)OCC(=O)OC1C2CC3C(C)(C2)C(=O)OC13C.CCC(C)(C)C(=O)OCC(=O)OC1C2CC3C1OC(=O)C3(C)C2.CCC(C)(C)C(=O)OCC(=O)OC1C2CC3C1OC(=O)C3(C)C2.CCC(C)(C)C(=O)OCC(=O)OC1C2OC(=O)C3(C)CC1(C)CC23. The lowest BCUT2D eigenvalue weighted by molar-refractivity contribution is -0.181. The van der Waals surface area contributed by atoms with Crippen LogP contribution in [0.15, 0.2) is 0 Å². The van der Waals surface area contributed by atoms with Crippen LogP contribution in [0.4, 0.5) is 0 Å². The van der Waals surface area contributed by atoms with Crippen LogP contribution >= 0.6 is 0 Å². The zero-order valence-corrected chi connectivity index (χ0v) is 58.2. The molecule has 94 heavy (non-hydrogen) atoms. The average molecular weight is 1330 g/mol. The summed E-state index contributed by atoms with van der Waals surface area (Å²) in [5, 5.41) is 0. The largest absolute Gasteiger partial charge is 0.458 e. The van der Waals surface area contributed by atoms with E-state index in [1.807, 2.05) is 69.2 Å². The van der Waals surface area contributed by atoms with E-state index in [9.17, 15) is 57.5 Å². The standard InChI is InChI=1S/2C18H26O6.2C17H24O6/c1-6-16(2,3)14(20)22-8-11(19)23-13-12-10-7-17(13,4)9-18(10,5)15(21)24-12;1-6-16(2,3)14(20)22-9-12(19)23-13-10-7-11-17(4,8-10)15(21)24-18(11,13)5;2*1-5-16(2,3)14(19)21-8-11(18)22-12-9-6-10-13(12)23-15(20)17(10,4)7-9/h10,12-13H,6-9H2,1-5H3;10-11,13H,6-9H2,1-5H3;2*9-10,12-13H,5-8H2,1-4H3. The topological polar surface area (TPSA) is 316 Å². The van der Waals surface area contributed by atoms with Gasteiger partial charge in [0.15, 0.2) is 32.0 Å². The van der Waals surface area contributed by atoms with Crippen molar-refractivity contribution in [3.63, 3.8) is 0 Å². The molecule has 20 unspecified atom stereocenters. The number of hydrogen-bond donors (Lipinski definition) is 0. The summed E-state index contributed by atoms with van der Waals surface area (Å²) in [6.07, 6.45) is 5.89. The summed E-state index contributed by atoms with van der Waals surface area (Å²) in [6, 6.07) is 0. The van der Waals surface area contributed by atoms with Gasteiger partial charge in [-0.05, 0) is 167 Å². The maximum atomic E-state index is 12.2. The molecule has 24 heteroatoms. The van der Waals surface area contributed by atoms with E-state index in [0.717, 1.165) is 25.7 Å². The van der Waals surface area contributed by atoms with E-state index in [1.54, 1.807) is 55.4 Å². The Labute approximate surface area is 550 Å². The van der Waals surface area contributed by atoms with E-state index in [1.165, 1.54) is 0 Å². The van der Waals surface area contributed by atoms with Gasteiger partial charge in [0.25, 0.3) is 0 Å². The molecule has 24 nitrogen and oxygen atoms in total. The van der Waals surface area contributed by atoms with Crippen molar-refractivity contribution in [2.45, 2.75) is 250 Å². The minimum atomic E-state index is -0.753. The maximum absolute atomic E-state index is 12.2. The Morgan fingerprint density at radius 3 is 1.13 bits per heavy atom. The number of carbonyl (C=O) groups excluding carboxylic acids is 12. The van der Waals surface area contributed by atoms with Gasteiger partial charge >= 0.3 is 71.6 Å². The molecule has 12 rings (SSSR count). The lowest BCUT2D eigenvalue weighted by Crippen LogP contribution is -2.48. The predicted octanol–water partition coefficient (Wildman–Crippen LogP) is 8.18. The first-order valence-corrected chi connectivity index (χ1v) is 33.8. The molecular weight excluding hydrogens is 1220 g/mol. The molecule has 0 aromatic heterocycles. The highest BCUT2D eigenvalue weighted by atomic mass is 16.6. The van der Waals surface area contributed by atoms with E-state index in [4.69, 9.17) is 56.8 Å². The Morgan fingerprint density at radius 2 is 0.745 bits per heavy atom. The Balaban J connectivity index is 0.000000148. The molecule has 0 N–H and O–H groups in total. The van der Waals surface area contributed by atoms with Gasteiger partial charge in [0, 0.05) is 46.8 Å². The summed E-state index contributed by atoms with van der Waals surface area (Å²) in [7, 11) is 0. The van der Waals surface area contributed by atoms with Crippen molar-refractivity contribution in [3.05, 3.63) is 0 Å². The lowest BCUT2D eigenvalue weighted by Gasteiger charge is -2.36. The fourth-order valence-electron chi connectivity index (χ4n) is 17.3. The Morgan fingerprint density at radius 1 is 0.404 bits per heavy atom. The summed E-state index contributed by atoms with van der Waals surface area (Å²) < 4.78 is 64.3. The molecule has 0 spiro atoms. The Kier molecular flexibility index (Phi) is 19.1. The molecule has 0 amide bonds. The van der Waals surface area contributed by atoms with Crippen LogP contribution in [0.25, 0.3) is 0 Å². The minimum Gasteiger partial charge on any atom is -0.458 e. The first kappa shape index (κ1) is 71.9. The average Bonchev–Trinajstić information content (AvgIpc) is 1.54. The van der Waals surface area contributed by atoms with Gasteiger partial charge in [-0.3, -0.25) is 38.4 Å². The van der Waals surface area contributed by atoms with E-state index in [-0.39, 0.29) is 89.0 Å². The van der Waals surface area contributed by atoms with Crippen LogP contribution in [0.2, 0.25) is 0 Å². The van der Waals surface area contributed by atoms with E-state index < -0.39 is 148 Å². The van der Waals surface area contributed by atoms with Gasteiger partial charge in [-0.15, -0.1) is 0 Å². The van der Waals surface area contributed by atoms with Crippen molar-refractivity contribution in [2.24, 2.45) is 90.2 Å². The van der Waals surface area contributed by atoms with Crippen LogP contribution in [0.1, 0.15) is 202 Å². The third-order valence-electron chi connectivity index (χ3n) is 24.8. The molecule has 20 atom stereocenters. The maximum Gasteiger partial charge on any atom is 0.344 e. The lowest BCUT2D eigenvalue weighted by atomic mass is 9.70. The molecule has 0 aromatic carbocycles. The zero-order chi connectivity index (χ0) is 69.8. The third-order valence-corrected chi connectivity index (χ3v) is 24.8. The number of esters is 12. The Bertz CT molecular complexity index is 2960. The summed E-state index contributed by atoms with van der Waals surface area (Å²) in [5.74, 6) is -3.79. The molecule has 0 radical (unpaired) electrons. The van der Waals surface area contributed by atoms with Crippen molar-refractivity contribution in [3.8, 4) is 0 Å². The number of ether oxygens (including phenoxy) is 12. The molecule has 8 bridgehead atoms. The summed E-state index contributed by atoms with van der Waals surface area (Å²) in [6.45, 7) is 31.8. The molecule has 4 aliphatic heterocycles. The molecule has 12 aliphatic rings. The fraction of sp³-hybridized carbons (Fsp3) is 0.829. The van der Waals surface area contributed by atoms with Crippen LogP contribution < -0.4 is 0 Å². The van der Waals surface area contributed by atoms with Crippen molar-refractivity contribution in [1.82, 2.24) is 0 Å². The van der Waals surface area contributed by atoms with Gasteiger partial charge < -0.3 is 56.8 Å². The molecule has 8 saturated carbocycles. The number of fused-ring (bicyclic) bond motifs is 4. The quantitative estimate of drug-likeness (QED) is 0.0819. The highest BCUT2D eigenvalue weighted by Gasteiger charge is 2.77. The number of carbonyl (C=O) groups is 12. The highest BCUT2D eigenvalue weighted by Crippen LogP contribution is 2.69. The fourth-order valence-corrected chi connectivity index (χ4v) is 17.3. The zero-order valence-electron chi connectivity index (χ0n) is 58.2. The van der Waals surface area contributed by atoms with E-state index in [2.05, 4.69) is 0 Å². The van der Waals surface area contributed by atoms with Crippen molar-refractivity contribution in [2.75, 3.05) is 26.4 Å². The van der Waals surface area contributed by atoms with Crippen molar-refractivity contribution >= 4 is 71.6 Å². The van der Waals surface area contributed by atoms with Gasteiger partial charge in [-0.2, -0.15) is 0 Å². The molecule has 8 aliphatic carbocycles. The first-order valence-electron chi connectivity index (χ1n) is 33.8. The predicted molar refractivity (Wildman–Crippen MR) is 326 cm³/mol. The second-order valence-corrected chi connectivity index (χ2v) is 32.8. The van der Waals surface area contributed by atoms with Crippen LogP contribution in [-0.2, 0) is 114 Å². The minimum absolute atomic E-state index is 0.0851. The molecule has 12 fully saturated rings. The van der Waals surface area contributed by atoms with Crippen LogP contribution in [-0.4, -0.2) is 146 Å². The molecule has 524 valence electrons. The van der Waals surface area contributed by atoms with Gasteiger partial charge in [0.05, 0.1) is 43.3 Å². The summed E-state index contributed by atoms with van der Waals surface area (Å²) in [5.41, 5.74) is -5.19. The number of rotatable bonds is 20. The molecular formula is C70H100O24. The first-order chi connectivity index (χ1) is 43.4. The van der Waals surface area contributed by atoms with Crippen LogP contribution in [0.5, 0.6) is 0 Å². The molecule has 4 saturated heterocycles. The van der Waals surface area contributed by atoms with Crippen molar-refractivity contribution < 1.29 is 114 Å². The smallest absolute Gasteiger partial charge is 0.344 e. The van der Waals surface area contributed by atoms with Crippen molar-refractivity contribution in [1.29, 1.82) is 0 Å². The second kappa shape index (κ2) is 24.9. The van der Waals surface area contributed by atoms with E-state index >= 15 is 0 Å². The number of hydrogen-bond acceptors (Lipinski definition) is 24. The summed E-state index contributed by atoms with van der Waals surface area (Å²) in [4.78, 5) is 144. The Hall–Kier alpha value is -6.36. The van der Waals surface area contributed by atoms with Gasteiger partial charge in [0.2, 0.25) is 0 Å². The molecule has 0 aromatic rings. The molecule has 4 heterocycles. The second-order valence-electron chi connectivity index (χ2n) is 32.8. The summed E-state index contributed by atoms with van der Waals surface area (Å²) >= 11 is 0. The normalized spacial score (nSPS) is 38.7.